The lowest BCUT2D eigenvalue weighted by Gasteiger charge is -2.36. The third-order valence-electron chi connectivity index (χ3n) is 4.69. The number of carbonyl (C=O) groups excluding carboxylic acids is 1. The molecule has 0 bridgehead atoms. The van der Waals surface area contributed by atoms with Gasteiger partial charge in [0.15, 0.2) is 5.69 Å². The van der Waals surface area contributed by atoms with Gasteiger partial charge < -0.3 is 14.3 Å². The monoisotopic (exact) mass is 291 g/mol. The summed E-state index contributed by atoms with van der Waals surface area (Å²) in [6.07, 6.45) is 5.62. The van der Waals surface area contributed by atoms with Gasteiger partial charge in [0, 0.05) is 38.2 Å². The van der Waals surface area contributed by atoms with Crippen molar-refractivity contribution in [2.24, 2.45) is 0 Å². The molecule has 0 atom stereocenters. The molecule has 21 heavy (non-hydrogen) atoms. The van der Waals surface area contributed by atoms with Crippen molar-refractivity contribution in [2.45, 2.75) is 51.0 Å². The lowest BCUT2D eigenvalue weighted by Crippen LogP contribution is -2.45. The van der Waals surface area contributed by atoms with Crippen LogP contribution < -0.4 is 0 Å². The molecule has 0 spiro atoms. The minimum Gasteiger partial charge on any atom is -0.360 e. The number of aromatic nitrogens is 1. The molecule has 5 heteroatoms. The first-order chi connectivity index (χ1) is 10.2. The van der Waals surface area contributed by atoms with E-state index in [0.717, 1.165) is 44.5 Å². The molecule has 1 aliphatic carbocycles. The Labute approximate surface area is 126 Å². The van der Waals surface area contributed by atoms with Crippen LogP contribution in [0, 0.1) is 0 Å². The Bertz CT molecular complexity index is 487. The number of piperidine rings is 1. The second-order valence-corrected chi connectivity index (χ2v) is 6.38. The van der Waals surface area contributed by atoms with E-state index >= 15 is 0 Å². The van der Waals surface area contributed by atoms with Gasteiger partial charge in [-0.05, 0) is 38.6 Å². The van der Waals surface area contributed by atoms with Crippen molar-refractivity contribution in [3.05, 3.63) is 17.5 Å². The van der Waals surface area contributed by atoms with Gasteiger partial charge in [-0.15, -0.1) is 0 Å². The normalized spacial score (nSPS) is 20.7. The summed E-state index contributed by atoms with van der Waals surface area (Å²) in [6, 6.07) is 2.16. The third-order valence-corrected chi connectivity index (χ3v) is 4.69. The molecular formula is C16H25N3O2. The second kappa shape index (κ2) is 6.18. The van der Waals surface area contributed by atoms with E-state index in [1.807, 2.05) is 18.0 Å². The Kier molecular flexibility index (Phi) is 4.29. The van der Waals surface area contributed by atoms with Gasteiger partial charge in [0.2, 0.25) is 0 Å². The zero-order valence-electron chi connectivity index (χ0n) is 13.0. The number of likely N-dealkylation sites (tertiary alicyclic amines) is 1. The molecule has 1 aromatic rings. The minimum atomic E-state index is -0.000378. The largest absolute Gasteiger partial charge is 0.360 e. The van der Waals surface area contributed by atoms with Crippen LogP contribution in [0.25, 0.3) is 0 Å². The van der Waals surface area contributed by atoms with Crippen molar-refractivity contribution in [1.29, 1.82) is 0 Å². The molecule has 0 unspecified atom stereocenters. The Morgan fingerprint density at radius 1 is 1.38 bits per heavy atom. The van der Waals surface area contributed by atoms with Crippen LogP contribution in [0.2, 0.25) is 0 Å². The Morgan fingerprint density at radius 3 is 2.71 bits per heavy atom. The number of nitrogens with zero attached hydrogens (tertiary/aromatic N) is 3. The zero-order chi connectivity index (χ0) is 14.8. The smallest absolute Gasteiger partial charge is 0.276 e. The summed E-state index contributed by atoms with van der Waals surface area (Å²) in [6.45, 7) is 5.55. The van der Waals surface area contributed by atoms with Crippen LogP contribution in [0.5, 0.6) is 0 Å². The van der Waals surface area contributed by atoms with Gasteiger partial charge in [-0.3, -0.25) is 4.79 Å². The Balaban J connectivity index is 1.56. The molecule has 5 nitrogen and oxygen atoms in total. The first-order valence-corrected chi connectivity index (χ1v) is 8.15. The van der Waals surface area contributed by atoms with Gasteiger partial charge in [0.05, 0.1) is 0 Å². The lowest BCUT2D eigenvalue weighted by molar-refractivity contribution is 0.0632. The van der Waals surface area contributed by atoms with Crippen molar-refractivity contribution < 1.29 is 9.32 Å². The van der Waals surface area contributed by atoms with Crippen LogP contribution in [0.3, 0.4) is 0 Å². The van der Waals surface area contributed by atoms with Crippen LogP contribution in [-0.4, -0.2) is 53.6 Å². The molecule has 116 valence electrons. The number of carbonyl (C=O) groups is 1. The highest BCUT2D eigenvalue weighted by Crippen LogP contribution is 2.40. The molecule has 2 fully saturated rings. The molecule has 3 rings (SSSR count). The fraction of sp³-hybridized carbons (Fsp3) is 0.750. The van der Waals surface area contributed by atoms with Crippen LogP contribution in [0.4, 0.5) is 0 Å². The predicted octanol–water partition coefficient (Wildman–Crippen LogP) is 2.50. The van der Waals surface area contributed by atoms with E-state index < -0.39 is 0 Å². The van der Waals surface area contributed by atoms with Gasteiger partial charge in [-0.25, -0.2) is 0 Å². The van der Waals surface area contributed by atoms with E-state index in [1.54, 1.807) is 0 Å². The average molecular weight is 291 g/mol. The third kappa shape index (κ3) is 3.28. The molecule has 0 aromatic carbocycles. The summed E-state index contributed by atoms with van der Waals surface area (Å²) >= 11 is 0. The standard InChI is InChI=1S/C16H25N3O2/c1-3-8-19-9-6-13(7-10-19)18(2)16(20)14-11-15(21-17-14)12-4-5-12/h11-13H,3-10H2,1-2H3. The van der Waals surface area contributed by atoms with Gasteiger partial charge in [-0.2, -0.15) is 0 Å². The molecule has 1 aromatic heterocycles. The minimum absolute atomic E-state index is 0.000378. The lowest BCUT2D eigenvalue weighted by atomic mass is 10.0. The second-order valence-electron chi connectivity index (χ2n) is 6.38. The van der Waals surface area contributed by atoms with E-state index in [4.69, 9.17) is 4.52 Å². The van der Waals surface area contributed by atoms with E-state index in [0.29, 0.717) is 17.7 Å². The molecule has 0 radical (unpaired) electrons. The van der Waals surface area contributed by atoms with E-state index in [-0.39, 0.29) is 5.91 Å². The molecule has 0 N–H and O–H groups in total. The maximum absolute atomic E-state index is 12.5. The average Bonchev–Trinajstić information content (AvgIpc) is 3.24. The predicted molar refractivity (Wildman–Crippen MR) is 80.3 cm³/mol. The molecule has 2 heterocycles. The fourth-order valence-electron chi connectivity index (χ4n) is 3.14. The van der Waals surface area contributed by atoms with Crippen molar-refractivity contribution in [1.82, 2.24) is 15.0 Å². The van der Waals surface area contributed by atoms with Gasteiger partial charge >= 0.3 is 0 Å². The van der Waals surface area contributed by atoms with Crippen LogP contribution in [0.15, 0.2) is 10.6 Å². The number of rotatable bonds is 5. The van der Waals surface area contributed by atoms with Crippen LogP contribution >= 0.6 is 0 Å². The Hall–Kier alpha value is -1.36. The van der Waals surface area contributed by atoms with Crippen molar-refractivity contribution >= 4 is 5.91 Å². The summed E-state index contributed by atoms with van der Waals surface area (Å²) in [5.41, 5.74) is 0.468. The van der Waals surface area contributed by atoms with Crippen LogP contribution in [0.1, 0.15) is 61.2 Å². The van der Waals surface area contributed by atoms with Crippen molar-refractivity contribution in [3.63, 3.8) is 0 Å². The topological polar surface area (TPSA) is 49.6 Å². The first kappa shape index (κ1) is 14.6. The molecule has 1 saturated heterocycles. The first-order valence-electron chi connectivity index (χ1n) is 8.15. The number of amides is 1. The molecular weight excluding hydrogens is 266 g/mol. The highest BCUT2D eigenvalue weighted by molar-refractivity contribution is 5.92. The van der Waals surface area contributed by atoms with Gasteiger partial charge in [0.1, 0.15) is 5.76 Å². The summed E-state index contributed by atoms with van der Waals surface area (Å²) in [4.78, 5) is 16.8. The van der Waals surface area contributed by atoms with E-state index in [1.165, 1.54) is 13.0 Å². The Morgan fingerprint density at radius 2 is 2.10 bits per heavy atom. The fourth-order valence-corrected chi connectivity index (χ4v) is 3.14. The molecule has 1 aliphatic heterocycles. The summed E-state index contributed by atoms with van der Waals surface area (Å²) in [5.74, 6) is 1.38. The summed E-state index contributed by atoms with van der Waals surface area (Å²) in [7, 11) is 1.90. The van der Waals surface area contributed by atoms with Gasteiger partial charge in [-0.1, -0.05) is 12.1 Å². The zero-order valence-corrected chi connectivity index (χ0v) is 13.0. The number of hydrogen-bond donors (Lipinski definition) is 0. The summed E-state index contributed by atoms with van der Waals surface area (Å²) in [5, 5.41) is 3.96. The van der Waals surface area contributed by atoms with Crippen molar-refractivity contribution in [2.75, 3.05) is 26.7 Å². The van der Waals surface area contributed by atoms with E-state index in [9.17, 15) is 4.79 Å². The summed E-state index contributed by atoms with van der Waals surface area (Å²) < 4.78 is 5.29. The highest BCUT2D eigenvalue weighted by Gasteiger charge is 2.31. The maximum Gasteiger partial charge on any atom is 0.276 e. The molecule has 1 amide bonds. The number of hydrogen-bond acceptors (Lipinski definition) is 4. The highest BCUT2D eigenvalue weighted by atomic mass is 16.5. The molecule has 1 saturated carbocycles. The SMILES string of the molecule is CCCN1CCC(N(C)C(=O)c2cc(C3CC3)on2)CC1. The quantitative estimate of drug-likeness (QED) is 0.836. The van der Waals surface area contributed by atoms with Crippen molar-refractivity contribution in [3.8, 4) is 0 Å². The van der Waals surface area contributed by atoms with E-state index in [2.05, 4.69) is 17.0 Å². The maximum atomic E-state index is 12.5. The van der Waals surface area contributed by atoms with Crippen LogP contribution in [-0.2, 0) is 0 Å². The van der Waals surface area contributed by atoms with Gasteiger partial charge in [0.25, 0.3) is 5.91 Å². The molecule has 2 aliphatic rings.